The molecule has 1 amide bonds. The number of nitrogens with one attached hydrogen (secondary N) is 2. The fourth-order valence-corrected chi connectivity index (χ4v) is 2.79. The number of benzene rings is 2. The molecular weight excluding hydrogens is 346 g/mol. The average Bonchev–Trinajstić information content (AvgIpc) is 3.08. The lowest BCUT2D eigenvalue weighted by Gasteiger charge is -2.11. The standard InChI is InChI=1S/C19H17N5O3/c1-26-11-15-23-24-19(27-15)22-17-18(25)20-14-10-6-5-9-13(14)16(21-17)12-7-3-2-4-8-12/h2-10,17H,11H2,1H3,(H,20,25)(H,22,24). The molecule has 1 aliphatic rings. The minimum absolute atomic E-state index is 0.101. The molecule has 0 saturated carbocycles. The Balaban J connectivity index is 1.72. The molecule has 2 N–H and O–H groups in total. The molecule has 1 atom stereocenters. The normalized spacial score (nSPS) is 16.1. The third-order valence-electron chi connectivity index (χ3n) is 3.99. The monoisotopic (exact) mass is 363 g/mol. The maximum atomic E-state index is 12.7. The van der Waals surface area contributed by atoms with Gasteiger partial charge in [0.2, 0.25) is 12.1 Å². The number of rotatable bonds is 5. The van der Waals surface area contributed by atoms with Gasteiger partial charge in [-0.3, -0.25) is 4.79 Å². The summed E-state index contributed by atoms with van der Waals surface area (Å²) in [5.74, 6) is -0.00977. The first-order valence-corrected chi connectivity index (χ1v) is 8.36. The number of methoxy groups -OCH3 is 1. The van der Waals surface area contributed by atoms with Crippen LogP contribution in [-0.2, 0) is 16.1 Å². The molecule has 4 rings (SSSR count). The molecule has 2 aromatic carbocycles. The zero-order valence-corrected chi connectivity index (χ0v) is 14.5. The molecule has 3 aromatic rings. The van der Waals surface area contributed by atoms with Gasteiger partial charge in [0.25, 0.3) is 5.91 Å². The van der Waals surface area contributed by atoms with E-state index in [9.17, 15) is 4.79 Å². The number of para-hydroxylation sites is 1. The Bertz CT molecular complexity index is 984. The van der Waals surface area contributed by atoms with Gasteiger partial charge in [-0.25, -0.2) is 4.99 Å². The highest BCUT2D eigenvalue weighted by molar-refractivity contribution is 6.19. The van der Waals surface area contributed by atoms with E-state index in [0.717, 1.165) is 11.1 Å². The van der Waals surface area contributed by atoms with E-state index < -0.39 is 6.17 Å². The Morgan fingerprint density at radius 3 is 2.70 bits per heavy atom. The fraction of sp³-hybridized carbons (Fsp3) is 0.158. The Morgan fingerprint density at radius 1 is 1.11 bits per heavy atom. The molecule has 0 saturated heterocycles. The zero-order chi connectivity index (χ0) is 18.6. The second kappa shape index (κ2) is 7.38. The van der Waals surface area contributed by atoms with Crippen molar-refractivity contribution in [3.05, 3.63) is 71.6 Å². The van der Waals surface area contributed by atoms with Crippen molar-refractivity contribution >= 4 is 23.3 Å². The third kappa shape index (κ3) is 3.56. The number of hydrogen-bond donors (Lipinski definition) is 2. The van der Waals surface area contributed by atoms with Crippen LogP contribution in [0.1, 0.15) is 17.0 Å². The number of carbonyl (C=O) groups excluding carboxylic acids is 1. The van der Waals surface area contributed by atoms with Gasteiger partial charge < -0.3 is 19.8 Å². The predicted molar refractivity (Wildman–Crippen MR) is 99.6 cm³/mol. The van der Waals surface area contributed by atoms with Gasteiger partial charge in [-0.05, 0) is 6.07 Å². The molecule has 0 fully saturated rings. The summed E-state index contributed by atoms with van der Waals surface area (Å²) >= 11 is 0. The summed E-state index contributed by atoms with van der Waals surface area (Å²) in [6, 6.07) is 17.3. The Hall–Kier alpha value is -3.52. The molecular formula is C19H17N5O3. The lowest BCUT2D eigenvalue weighted by molar-refractivity contribution is -0.116. The summed E-state index contributed by atoms with van der Waals surface area (Å²) in [6.45, 7) is 0.190. The number of fused-ring (bicyclic) bond motifs is 1. The van der Waals surface area contributed by atoms with Crippen molar-refractivity contribution in [1.82, 2.24) is 10.2 Å². The molecule has 0 aliphatic carbocycles. The van der Waals surface area contributed by atoms with Gasteiger partial charge in [0.15, 0.2) is 0 Å². The van der Waals surface area contributed by atoms with E-state index in [1.807, 2.05) is 54.6 Å². The molecule has 2 heterocycles. The van der Waals surface area contributed by atoms with Crippen LogP contribution in [-0.4, -0.2) is 35.1 Å². The van der Waals surface area contributed by atoms with Gasteiger partial charge in [-0.2, -0.15) is 0 Å². The number of nitrogens with zero attached hydrogens (tertiary/aromatic N) is 3. The summed E-state index contributed by atoms with van der Waals surface area (Å²) in [5.41, 5.74) is 3.13. The summed E-state index contributed by atoms with van der Waals surface area (Å²) in [5, 5.41) is 13.5. The third-order valence-corrected chi connectivity index (χ3v) is 3.99. The van der Waals surface area contributed by atoms with E-state index in [0.29, 0.717) is 17.3 Å². The van der Waals surface area contributed by atoms with Crippen molar-refractivity contribution in [3.8, 4) is 0 Å². The Labute approximate surface area is 155 Å². The second-order valence-electron chi connectivity index (χ2n) is 5.86. The van der Waals surface area contributed by atoms with E-state index in [4.69, 9.17) is 9.15 Å². The molecule has 1 aliphatic heterocycles. The van der Waals surface area contributed by atoms with Crippen LogP contribution in [0.2, 0.25) is 0 Å². The first-order chi connectivity index (χ1) is 13.2. The quantitative estimate of drug-likeness (QED) is 0.722. The van der Waals surface area contributed by atoms with Crippen molar-refractivity contribution in [3.63, 3.8) is 0 Å². The minimum atomic E-state index is -0.927. The van der Waals surface area contributed by atoms with Crippen LogP contribution in [0.5, 0.6) is 0 Å². The number of amides is 1. The smallest absolute Gasteiger partial charge is 0.317 e. The van der Waals surface area contributed by atoms with Gasteiger partial charge in [-0.1, -0.05) is 53.6 Å². The van der Waals surface area contributed by atoms with Gasteiger partial charge in [0, 0.05) is 18.2 Å². The first kappa shape index (κ1) is 16.9. The van der Waals surface area contributed by atoms with Crippen molar-refractivity contribution in [1.29, 1.82) is 0 Å². The van der Waals surface area contributed by atoms with Crippen LogP contribution in [0.4, 0.5) is 11.7 Å². The number of anilines is 2. The maximum absolute atomic E-state index is 12.7. The molecule has 8 heteroatoms. The highest BCUT2D eigenvalue weighted by Gasteiger charge is 2.26. The van der Waals surface area contributed by atoms with Gasteiger partial charge in [0.1, 0.15) is 6.61 Å². The number of benzodiazepines with no additional fused rings is 1. The van der Waals surface area contributed by atoms with Crippen LogP contribution >= 0.6 is 0 Å². The Morgan fingerprint density at radius 2 is 1.89 bits per heavy atom. The Kier molecular flexibility index (Phi) is 4.63. The van der Waals surface area contributed by atoms with Gasteiger partial charge in [-0.15, -0.1) is 5.10 Å². The van der Waals surface area contributed by atoms with Crippen LogP contribution in [0.25, 0.3) is 0 Å². The van der Waals surface area contributed by atoms with Crippen molar-refractivity contribution < 1.29 is 13.9 Å². The molecule has 136 valence electrons. The number of hydrogen-bond acceptors (Lipinski definition) is 7. The van der Waals surface area contributed by atoms with E-state index in [2.05, 4.69) is 25.8 Å². The highest BCUT2D eigenvalue weighted by Crippen LogP contribution is 2.24. The van der Waals surface area contributed by atoms with Crippen LogP contribution in [0.3, 0.4) is 0 Å². The lowest BCUT2D eigenvalue weighted by atomic mass is 10.0. The molecule has 0 bridgehead atoms. The van der Waals surface area contributed by atoms with E-state index >= 15 is 0 Å². The van der Waals surface area contributed by atoms with Crippen molar-refractivity contribution in [2.45, 2.75) is 12.8 Å². The highest BCUT2D eigenvalue weighted by atomic mass is 16.5. The topological polar surface area (TPSA) is 102 Å². The van der Waals surface area contributed by atoms with Crippen molar-refractivity contribution in [2.24, 2.45) is 4.99 Å². The van der Waals surface area contributed by atoms with Crippen LogP contribution < -0.4 is 10.6 Å². The average molecular weight is 363 g/mol. The maximum Gasteiger partial charge on any atom is 0.317 e. The number of aliphatic imine (C=N–C) groups is 1. The van der Waals surface area contributed by atoms with E-state index in [1.165, 1.54) is 7.11 Å². The molecule has 1 aromatic heterocycles. The zero-order valence-electron chi connectivity index (χ0n) is 14.5. The SMILES string of the molecule is COCc1nnc(NC2N=C(c3ccccc3)c3ccccc3NC2=O)o1. The van der Waals surface area contributed by atoms with Crippen LogP contribution in [0, 0.1) is 0 Å². The minimum Gasteiger partial charge on any atom is -0.406 e. The first-order valence-electron chi connectivity index (χ1n) is 8.36. The largest absolute Gasteiger partial charge is 0.406 e. The summed E-state index contributed by atoms with van der Waals surface area (Å²) in [7, 11) is 1.53. The lowest BCUT2D eigenvalue weighted by Crippen LogP contribution is -2.32. The second-order valence-corrected chi connectivity index (χ2v) is 5.86. The number of carbonyl (C=O) groups is 1. The van der Waals surface area contributed by atoms with E-state index in [1.54, 1.807) is 0 Å². The molecule has 8 nitrogen and oxygen atoms in total. The summed E-state index contributed by atoms with van der Waals surface area (Å²) in [4.78, 5) is 17.3. The number of ether oxygens (including phenoxy) is 1. The number of aromatic nitrogens is 2. The summed E-state index contributed by atoms with van der Waals surface area (Å²) < 4.78 is 10.4. The van der Waals surface area contributed by atoms with Gasteiger partial charge in [0.05, 0.1) is 11.4 Å². The van der Waals surface area contributed by atoms with Crippen molar-refractivity contribution in [2.75, 3.05) is 17.7 Å². The van der Waals surface area contributed by atoms with Gasteiger partial charge >= 0.3 is 6.01 Å². The molecule has 27 heavy (non-hydrogen) atoms. The molecule has 0 radical (unpaired) electrons. The molecule has 1 unspecified atom stereocenters. The summed E-state index contributed by atoms with van der Waals surface area (Å²) in [6.07, 6.45) is -0.927. The predicted octanol–water partition coefficient (Wildman–Crippen LogP) is 2.44. The molecule has 0 spiro atoms. The van der Waals surface area contributed by atoms with E-state index in [-0.39, 0.29) is 18.5 Å². The van der Waals surface area contributed by atoms with Crippen LogP contribution in [0.15, 0.2) is 64.0 Å². The fourth-order valence-electron chi connectivity index (χ4n) is 2.79.